The molecular weight excluding hydrogens is 288 g/mol. The number of para-hydroxylation sites is 2. The van der Waals surface area contributed by atoms with Gasteiger partial charge in [0.1, 0.15) is 5.69 Å². The third kappa shape index (κ3) is 2.22. The SMILES string of the molecule is Cn1cc(CO)nc1-c1nn(-c2ccccc2)c2ccccc12. The summed E-state index contributed by atoms with van der Waals surface area (Å²) in [5, 5.41) is 15.1. The second-order valence-electron chi connectivity index (χ2n) is 5.44. The molecule has 2 aromatic carbocycles. The summed E-state index contributed by atoms with van der Waals surface area (Å²) in [5.41, 5.74) is 3.49. The molecule has 0 saturated carbocycles. The predicted molar refractivity (Wildman–Crippen MR) is 89.2 cm³/mol. The summed E-state index contributed by atoms with van der Waals surface area (Å²) in [6.45, 7) is -0.0782. The van der Waals surface area contributed by atoms with Crippen LogP contribution in [-0.4, -0.2) is 24.4 Å². The summed E-state index contributed by atoms with van der Waals surface area (Å²) in [4.78, 5) is 4.49. The molecule has 1 N–H and O–H groups in total. The zero-order valence-corrected chi connectivity index (χ0v) is 12.7. The van der Waals surface area contributed by atoms with E-state index >= 15 is 0 Å². The normalized spacial score (nSPS) is 11.2. The van der Waals surface area contributed by atoms with E-state index in [1.165, 1.54) is 0 Å². The van der Waals surface area contributed by atoms with Crippen LogP contribution in [0.1, 0.15) is 5.69 Å². The van der Waals surface area contributed by atoms with Gasteiger partial charge in [-0.25, -0.2) is 9.67 Å². The summed E-state index contributed by atoms with van der Waals surface area (Å²) in [7, 11) is 1.91. The summed E-state index contributed by atoms with van der Waals surface area (Å²) in [6.07, 6.45) is 1.83. The molecule has 4 aromatic rings. The van der Waals surface area contributed by atoms with Gasteiger partial charge in [0.25, 0.3) is 0 Å². The topological polar surface area (TPSA) is 55.9 Å². The maximum absolute atomic E-state index is 9.32. The third-order valence-corrected chi connectivity index (χ3v) is 3.89. The Balaban J connectivity index is 1.99. The van der Waals surface area contributed by atoms with E-state index in [2.05, 4.69) is 11.1 Å². The van der Waals surface area contributed by atoms with E-state index in [4.69, 9.17) is 5.10 Å². The van der Waals surface area contributed by atoms with Crippen molar-refractivity contribution in [2.75, 3.05) is 0 Å². The van der Waals surface area contributed by atoms with Gasteiger partial charge in [-0.05, 0) is 18.2 Å². The maximum Gasteiger partial charge on any atom is 0.161 e. The first-order chi connectivity index (χ1) is 11.3. The molecule has 0 unspecified atom stereocenters. The van der Waals surface area contributed by atoms with Crippen molar-refractivity contribution in [2.45, 2.75) is 6.61 Å². The molecule has 4 rings (SSSR count). The van der Waals surface area contributed by atoms with Gasteiger partial charge in [-0.1, -0.05) is 36.4 Å². The van der Waals surface area contributed by atoms with Crippen molar-refractivity contribution in [1.29, 1.82) is 0 Å². The molecule has 0 amide bonds. The van der Waals surface area contributed by atoms with Crippen LogP contribution in [0.2, 0.25) is 0 Å². The van der Waals surface area contributed by atoms with Gasteiger partial charge < -0.3 is 9.67 Å². The van der Waals surface area contributed by atoms with Gasteiger partial charge >= 0.3 is 0 Å². The molecular formula is C18H16N4O. The second kappa shape index (κ2) is 5.37. The minimum atomic E-state index is -0.0782. The highest BCUT2D eigenvalue weighted by atomic mass is 16.3. The number of benzene rings is 2. The fourth-order valence-electron chi connectivity index (χ4n) is 2.82. The Morgan fingerprint density at radius 3 is 2.48 bits per heavy atom. The molecule has 114 valence electrons. The van der Waals surface area contributed by atoms with Crippen molar-refractivity contribution in [3.05, 3.63) is 66.5 Å². The van der Waals surface area contributed by atoms with Gasteiger partial charge in [0, 0.05) is 18.6 Å². The highest BCUT2D eigenvalue weighted by Crippen LogP contribution is 2.29. The van der Waals surface area contributed by atoms with E-state index in [0.717, 1.165) is 28.1 Å². The van der Waals surface area contributed by atoms with Crippen molar-refractivity contribution < 1.29 is 5.11 Å². The van der Waals surface area contributed by atoms with Crippen molar-refractivity contribution in [3.8, 4) is 17.2 Å². The fraction of sp³-hybridized carbons (Fsp3) is 0.111. The Morgan fingerprint density at radius 2 is 1.74 bits per heavy atom. The van der Waals surface area contributed by atoms with Crippen LogP contribution >= 0.6 is 0 Å². The van der Waals surface area contributed by atoms with E-state index in [9.17, 15) is 5.11 Å². The number of rotatable bonds is 3. The molecule has 0 aliphatic heterocycles. The molecule has 2 heterocycles. The molecule has 0 fully saturated rings. The van der Waals surface area contributed by atoms with Crippen molar-refractivity contribution >= 4 is 10.9 Å². The van der Waals surface area contributed by atoms with E-state index in [1.807, 2.05) is 71.0 Å². The number of aliphatic hydroxyl groups is 1. The summed E-state index contributed by atoms with van der Waals surface area (Å²) >= 11 is 0. The Morgan fingerprint density at radius 1 is 1.00 bits per heavy atom. The quantitative estimate of drug-likeness (QED) is 0.633. The molecule has 5 heteroatoms. The van der Waals surface area contributed by atoms with Crippen molar-refractivity contribution in [3.63, 3.8) is 0 Å². The van der Waals surface area contributed by atoms with Crippen LogP contribution in [0.3, 0.4) is 0 Å². The first-order valence-electron chi connectivity index (χ1n) is 7.44. The average molecular weight is 304 g/mol. The molecule has 2 aromatic heterocycles. The summed E-state index contributed by atoms with van der Waals surface area (Å²) < 4.78 is 3.83. The van der Waals surface area contributed by atoms with Crippen LogP contribution in [0.25, 0.3) is 28.1 Å². The van der Waals surface area contributed by atoms with Crippen LogP contribution in [0, 0.1) is 0 Å². The lowest BCUT2D eigenvalue weighted by Gasteiger charge is -2.02. The summed E-state index contributed by atoms with van der Waals surface area (Å²) in [6, 6.07) is 18.1. The smallest absolute Gasteiger partial charge is 0.161 e. The minimum Gasteiger partial charge on any atom is -0.390 e. The van der Waals surface area contributed by atoms with Crippen molar-refractivity contribution in [1.82, 2.24) is 19.3 Å². The monoisotopic (exact) mass is 304 g/mol. The number of nitrogens with zero attached hydrogens (tertiary/aromatic N) is 4. The number of fused-ring (bicyclic) bond motifs is 1. The van der Waals surface area contributed by atoms with Gasteiger partial charge in [-0.3, -0.25) is 0 Å². The molecule has 0 atom stereocenters. The van der Waals surface area contributed by atoms with Crippen LogP contribution in [0.5, 0.6) is 0 Å². The van der Waals surface area contributed by atoms with E-state index in [1.54, 1.807) is 0 Å². The number of imidazole rings is 1. The van der Waals surface area contributed by atoms with Gasteiger partial charge in [0.2, 0.25) is 0 Å². The van der Waals surface area contributed by atoms with E-state index in [0.29, 0.717) is 5.69 Å². The predicted octanol–water partition coefficient (Wildman–Crippen LogP) is 2.92. The average Bonchev–Trinajstić information content (AvgIpc) is 3.16. The van der Waals surface area contributed by atoms with Gasteiger partial charge in [-0.2, -0.15) is 5.10 Å². The lowest BCUT2D eigenvalue weighted by Crippen LogP contribution is -1.97. The number of aliphatic hydroxyl groups excluding tert-OH is 1. The fourth-order valence-corrected chi connectivity index (χ4v) is 2.82. The maximum atomic E-state index is 9.32. The first-order valence-corrected chi connectivity index (χ1v) is 7.44. The zero-order chi connectivity index (χ0) is 15.8. The van der Waals surface area contributed by atoms with Crippen LogP contribution in [0.15, 0.2) is 60.8 Å². The molecule has 0 aliphatic carbocycles. The number of aromatic nitrogens is 4. The summed E-state index contributed by atoms with van der Waals surface area (Å²) in [5.74, 6) is 0.750. The lowest BCUT2D eigenvalue weighted by atomic mass is 10.2. The van der Waals surface area contributed by atoms with Crippen LogP contribution in [-0.2, 0) is 13.7 Å². The Kier molecular flexibility index (Phi) is 3.20. The van der Waals surface area contributed by atoms with Crippen LogP contribution < -0.4 is 0 Å². The Hall–Kier alpha value is -2.92. The first kappa shape index (κ1) is 13.7. The van der Waals surface area contributed by atoms with Crippen LogP contribution in [0.4, 0.5) is 0 Å². The molecule has 5 nitrogen and oxygen atoms in total. The van der Waals surface area contributed by atoms with Gasteiger partial charge in [0.05, 0.1) is 23.5 Å². The molecule has 0 spiro atoms. The van der Waals surface area contributed by atoms with E-state index in [-0.39, 0.29) is 6.61 Å². The highest BCUT2D eigenvalue weighted by molar-refractivity contribution is 5.92. The highest BCUT2D eigenvalue weighted by Gasteiger charge is 2.17. The molecule has 0 saturated heterocycles. The lowest BCUT2D eigenvalue weighted by molar-refractivity contribution is 0.277. The Bertz CT molecular complexity index is 969. The number of hydrogen-bond donors (Lipinski definition) is 1. The standard InChI is InChI=1S/C18H16N4O/c1-21-11-13(12-23)19-18(21)17-15-9-5-6-10-16(15)22(20-17)14-7-3-2-4-8-14/h2-11,23H,12H2,1H3. The minimum absolute atomic E-state index is 0.0782. The van der Waals surface area contributed by atoms with E-state index < -0.39 is 0 Å². The number of hydrogen-bond acceptors (Lipinski definition) is 3. The zero-order valence-electron chi connectivity index (χ0n) is 12.7. The Labute approximate surface area is 133 Å². The third-order valence-electron chi connectivity index (χ3n) is 3.89. The molecule has 23 heavy (non-hydrogen) atoms. The molecule has 0 radical (unpaired) electrons. The van der Waals surface area contributed by atoms with Gasteiger partial charge in [-0.15, -0.1) is 0 Å². The molecule has 0 bridgehead atoms. The number of aryl methyl sites for hydroxylation is 1. The second-order valence-corrected chi connectivity index (χ2v) is 5.44. The largest absolute Gasteiger partial charge is 0.390 e. The van der Waals surface area contributed by atoms with Gasteiger partial charge in [0.15, 0.2) is 5.82 Å². The van der Waals surface area contributed by atoms with Crippen molar-refractivity contribution in [2.24, 2.45) is 7.05 Å². The molecule has 0 aliphatic rings.